The number of imidazole rings is 1. The van der Waals surface area contributed by atoms with Gasteiger partial charge in [0.1, 0.15) is 23.5 Å². The van der Waals surface area contributed by atoms with Crippen molar-refractivity contribution in [1.29, 1.82) is 0 Å². The summed E-state index contributed by atoms with van der Waals surface area (Å²) in [6.45, 7) is 0.785. The molecule has 4 aromatic carbocycles. The summed E-state index contributed by atoms with van der Waals surface area (Å²) in [6.07, 6.45) is 3.04. The van der Waals surface area contributed by atoms with Crippen LogP contribution in [-0.4, -0.2) is 29.9 Å². The summed E-state index contributed by atoms with van der Waals surface area (Å²) in [7, 11) is 0. The van der Waals surface area contributed by atoms with Crippen LogP contribution in [0.4, 0.5) is 14.6 Å². The number of anilines is 1. The van der Waals surface area contributed by atoms with E-state index < -0.39 is 0 Å². The molecular formula is C37H26Cl2F2N8. The number of fused-ring (bicyclic) bond motifs is 3. The highest BCUT2D eigenvalue weighted by molar-refractivity contribution is 6.33. The first kappa shape index (κ1) is 32.0. The monoisotopic (exact) mass is 690 g/mol. The predicted octanol–water partition coefficient (Wildman–Crippen LogP) is 9.13. The van der Waals surface area contributed by atoms with Crippen molar-refractivity contribution < 1.29 is 8.78 Å². The van der Waals surface area contributed by atoms with Crippen molar-refractivity contribution in [3.8, 4) is 22.5 Å². The number of pyridine rings is 2. The summed E-state index contributed by atoms with van der Waals surface area (Å²) in [5.41, 5.74) is 13.1. The number of halogens is 4. The Bertz CT molecular complexity index is 2470. The van der Waals surface area contributed by atoms with Gasteiger partial charge in [0.2, 0.25) is 0 Å². The summed E-state index contributed by atoms with van der Waals surface area (Å²) in [5, 5.41) is 6.20. The lowest BCUT2D eigenvalue weighted by Crippen LogP contribution is -2.05. The van der Waals surface area contributed by atoms with E-state index in [9.17, 15) is 8.78 Å². The van der Waals surface area contributed by atoms with Crippen LogP contribution in [0, 0.1) is 11.6 Å². The molecule has 8 nitrogen and oxygen atoms in total. The van der Waals surface area contributed by atoms with Gasteiger partial charge in [-0.25, -0.2) is 33.7 Å². The number of aromatic nitrogens is 6. The molecule has 0 unspecified atom stereocenters. The number of H-pyrrole nitrogens is 1. The second kappa shape index (κ2) is 13.9. The van der Waals surface area contributed by atoms with Crippen LogP contribution in [-0.2, 0) is 13.1 Å². The lowest BCUT2D eigenvalue weighted by molar-refractivity contribution is 0.629. The quantitative estimate of drug-likeness (QED) is 0.159. The zero-order chi connectivity index (χ0) is 33.9. The van der Waals surface area contributed by atoms with Gasteiger partial charge in [-0.2, -0.15) is 0 Å². The Morgan fingerprint density at radius 2 is 1.24 bits per heavy atom. The third-order valence-corrected chi connectivity index (χ3v) is 8.52. The smallest absolute Gasteiger partial charge is 0.182 e. The molecule has 4 aromatic heterocycles. The Labute approximate surface area is 289 Å². The number of aromatic amines is 1. The minimum absolute atomic E-state index is 0.310. The van der Waals surface area contributed by atoms with Gasteiger partial charge >= 0.3 is 0 Å². The molecule has 0 aliphatic carbocycles. The van der Waals surface area contributed by atoms with E-state index in [-0.39, 0.29) is 11.6 Å². The number of nitrogens with zero attached hydrogens (tertiary/aromatic N) is 5. The summed E-state index contributed by atoms with van der Waals surface area (Å²) in [6, 6.07) is 27.9. The van der Waals surface area contributed by atoms with Crippen molar-refractivity contribution in [2.75, 3.05) is 5.32 Å². The molecule has 8 rings (SSSR count). The van der Waals surface area contributed by atoms with Gasteiger partial charge in [-0.15, -0.1) is 0 Å². The molecule has 0 aliphatic heterocycles. The van der Waals surface area contributed by atoms with Crippen LogP contribution < -0.4 is 11.1 Å². The molecule has 0 aliphatic rings. The van der Waals surface area contributed by atoms with Crippen LogP contribution in [0.1, 0.15) is 11.1 Å². The highest BCUT2D eigenvalue weighted by atomic mass is 35.5. The molecular weight excluding hydrogens is 665 g/mol. The first-order valence-electron chi connectivity index (χ1n) is 15.1. The van der Waals surface area contributed by atoms with Crippen LogP contribution in [0.2, 0.25) is 10.0 Å². The molecule has 0 bridgehead atoms. The molecule has 49 heavy (non-hydrogen) atoms. The molecule has 242 valence electrons. The molecule has 0 amide bonds. The van der Waals surface area contributed by atoms with Crippen molar-refractivity contribution in [2.24, 2.45) is 5.73 Å². The Kier molecular flexibility index (Phi) is 9.08. The third-order valence-electron chi connectivity index (χ3n) is 7.86. The zero-order valence-electron chi connectivity index (χ0n) is 25.6. The van der Waals surface area contributed by atoms with Gasteiger partial charge in [-0.3, -0.25) is 0 Å². The Balaban J connectivity index is 0.000000166. The van der Waals surface area contributed by atoms with Gasteiger partial charge < -0.3 is 16.0 Å². The van der Waals surface area contributed by atoms with Gasteiger partial charge in [0, 0.05) is 57.2 Å². The minimum Gasteiger partial charge on any atom is -0.364 e. The standard InChI is InChI=1S/C21H14ClFN6.C16H12ClFN2/c22-16-4-2-1-3-15(16)18-13(7-12-5-6-14(23)8-17(12)29-18)9-24-20-19-21(26-10-25-19)28-11-27-20;17-14-4-2-1-3-13(14)16-11(9-19)7-10-5-6-12(18)8-15(10)20-16/h1-8,10-11H,9H2,(H2,24,25,26,27,28);1-8H,9,19H2. The number of nitrogens with two attached hydrogens (primary N) is 1. The predicted molar refractivity (Wildman–Crippen MR) is 191 cm³/mol. The molecule has 0 fully saturated rings. The number of nitrogens with one attached hydrogen (secondary N) is 2. The fourth-order valence-electron chi connectivity index (χ4n) is 5.51. The van der Waals surface area contributed by atoms with Gasteiger partial charge in [0.15, 0.2) is 11.5 Å². The molecule has 12 heteroatoms. The molecule has 4 heterocycles. The van der Waals surface area contributed by atoms with Gasteiger partial charge in [0.25, 0.3) is 0 Å². The lowest BCUT2D eigenvalue weighted by Gasteiger charge is -2.13. The van der Waals surface area contributed by atoms with Crippen LogP contribution in [0.5, 0.6) is 0 Å². The van der Waals surface area contributed by atoms with E-state index >= 15 is 0 Å². The van der Waals surface area contributed by atoms with E-state index in [4.69, 9.17) is 33.9 Å². The molecule has 0 atom stereocenters. The highest BCUT2D eigenvalue weighted by Crippen LogP contribution is 2.33. The molecule has 8 aromatic rings. The van der Waals surface area contributed by atoms with Crippen molar-refractivity contribution in [3.05, 3.63) is 143 Å². The van der Waals surface area contributed by atoms with Crippen LogP contribution >= 0.6 is 23.2 Å². The minimum atomic E-state index is -0.330. The second-order valence-corrected chi connectivity index (χ2v) is 11.8. The first-order valence-corrected chi connectivity index (χ1v) is 15.9. The summed E-state index contributed by atoms with van der Waals surface area (Å²) >= 11 is 12.6. The van der Waals surface area contributed by atoms with Crippen molar-refractivity contribution in [1.82, 2.24) is 29.9 Å². The summed E-state index contributed by atoms with van der Waals surface area (Å²) < 4.78 is 27.1. The largest absolute Gasteiger partial charge is 0.364 e. The summed E-state index contributed by atoms with van der Waals surface area (Å²) in [4.78, 5) is 24.9. The highest BCUT2D eigenvalue weighted by Gasteiger charge is 2.15. The Morgan fingerprint density at radius 3 is 1.84 bits per heavy atom. The fraction of sp³-hybridized carbons (Fsp3) is 0.0541. The average Bonchev–Trinajstić information content (AvgIpc) is 3.60. The van der Waals surface area contributed by atoms with E-state index in [1.807, 2.05) is 54.6 Å². The van der Waals surface area contributed by atoms with E-state index in [0.29, 0.717) is 57.0 Å². The zero-order valence-corrected chi connectivity index (χ0v) is 27.1. The Morgan fingerprint density at radius 1 is 0.673 bits per heavy atom. The fourth-order valence-corrected chi connectivity index (χ4v) is 5.96. The average molecular weight is 692 g/mol. The first-order chi connectivity index (χ1) is 23.9. The molecule has 0 spiro atoms. The third kappa shape index (κ3) is 6.75. The van der Waals surface area contributed by atoms with Crippen molar-refractivity contribution in [2.45, 2.75) is 13.1 Å². The Hall–Kier alpha value is -5.55. The molecule has 0 saturated carbocycles. The molecule has 4 N–H and O–H groups in total. The maximum absolute atomic E-state index is 13.7. The number of benzene rings is 4. The lowest BCUT2D eigenvalue weighted by atomic mass is 10.0. The van der Waals surface area contributed by atoms with Gasteiger partial charge in [0.05, 0.1) is 28.7 Å². The maximum atomic E-state index is 13.7. The van der Waals surface area contributed by atoms with Gasteiger partial charge in [-0.05, 0) is 59.7 Å². The number of hydrogen-bond donors (Lipinski definition) is 3. The van der Waals surface area contributed by atoms with Crippen molar-refractivity contribution >= 4 is 62.0 Å². The normalized spacial score (nSPS) is 11.1. The van der Waals surface area contributed by atoms with E-state index in [1.165, 1.54) is 30.6 Å². The van der Waals surface area contributed by atoms with E-state index in [2.05, 4.69) is 30.2 Å². The van der Waals surface area contributed by atoms with Crippen LogP contribution in [0.15, 0.2) is 110 Å². The summed E-state index contributed by atoms with van der Waals surface area (Å²) in [5.74, 6) is -0.00368. The van der Waals surface area contributed by atoms with Crippen LogP contribution in [0.3, 0.4) is 0 Å². The molecule has 0 saturated heterocycles. The van der Waals surface area contributed by atoms with Gasteiger partial charge in [-0.1, -0.05) is 59.6 Å². The number of rotatable bonds is 6. The van der Waals surface area contributed by atoms with E-state index in [1.54, 1.807) is 24.5 Å². The number of hydrogen-bond acceptors (Lipinski definition) is 7. The maximum Gasteiger partial charge on any atom is 0.182 e. The van der Waals surface area contributed by atoms with E-state index in [0.717, 1.165) is 38.5 Å². The molecule has 0 radical (unpaired) electrons. The second-order valence-electron chi connectivity index (χ2n) is 11.0. The van der Waals surface area contributed by atoms with Crippen molar-refractivity contribution in [3.63, 3.8) is 0 Å². The SMILES string of the molecule is Fc1ccc2cc(CNc3ncnc4nc[nH]c34)c(-c3ccccc3Cl)nc2c1.NCc1cc2ccc(F)cc2nc1-c1ccccc1Cl. The topological polar surface area (TPSA) is 118 Å². The van der Waals surface area contributed by atoms with Crippen LogP contribution in [0.25, 0.3) is 55.5 Å².